The zero-order chi connectivity index (χ0) is 13.3. The quantitative estimate of drug-likeness (QED) is 0.472. The molecule has 1 aromatic heterocycles. The summed E-state index contributed by atoms with van der Waals surface area (Å²) in [5.41, 5.74) is 7.83. The second-order valence-electron chi connectivity index (χ2n) is 4.12. The Morgan fingerprint density at radius 3 is 3.06 bits per heavy atom. The van der Waals surface area contributed by atoms with Crippen molar-refractivity contribution in [3.8, 4) is 0 Å². The third kappa shape index (κ3) is 2.15. The van der Waals surface area contributed by atoms with Crippen molar-refractivity contribution in [2.75, 3.05) is 0 Å². The Hall–Kier alpha value is -2.05. The molecule has 1 aromatic rings. The van der Waals surface area contributed by atoms with Gasteiger partial charge in [-0.25, -0.2) is 4.79 Å². The lowest BCUT2D eigenvalue weighted by Gasteiger charge is -2.13. The number of aromatic amines is 1. The van der Waals surface area contributed by atoms with Crippen LogP contribution in [-0.4, -0.2) is 21.7 Å². The number of nitrogens with one attached hydrogen (secondary N) is 1. The highest BCUT2D eigenvalue weighted by molar-refractivity contribution is 5.02. The largest absolute Gasteiger partial charge is 0.354 e. The first-order valence-corrected chi connectivity index (χ1v) is 5.37. The molecule has 3 atom stereocenters. The van der Waals surface area contributed by atoms with E-state index in [9.17, 15) is 9.59 Å². The molecule has 0 saturated carbocycles. The lowest BCUT2D eigenvalue weighted by atomic mass is 10.1. The molecule has 8 nitrogen and oxygen atoms in total. The first-order chi connectivity index (χ1) is 8.52. The van der Waals surface area contributed by atoms with Crippen LogP contribution in [0.25, 0.3) is 10.4 Å². The van der Waals surface area contributed by atoms with E-state index in [-0.39, 0.29) is 0 Å². The minimum absolute atomic E-state index is 0.351. The summed E-state index contributed by atoms with van der Waals surface area (Å²) in [6, 6.07) is -0.417. The molecule has 8 heteroatoms. The second-order valence-corrected chi connectivity index (χ2v) is 4.12. The number of ether oxygens (including phenoxy) is 1. The van der Waals surface area contributed by atoms with E-state index in [2.05, 4.69) is 21.9 Å². The molecule has 0 spiro atoms. The van der Waals surface area contributed by atoms with Crippen LogP contribution in [0, 0.1) is 13.8 Å². The number of hydrogen-bond donors (Lipinski definition) is 1. The highest BCUT2D eigenvalue weighted by Crippen LogP contribution is 2.29. The highest BCUT2D eigenvalue weighted by atomic mass is 16.5. The van der Waals surface area contributed by atoms with Crippen LogP contribution in [0.1, 0.15) is 18.2 Å². The van der Waals surface area contributed by atoms with E-state index in [0.29, 0.717) is 12.0 Å². The van der Waals surface area contributed by atoms with E-state index in [1.165, 1.54) is 10.8 Å². The Bertz CT molecular complexity index is 613. The highest BCUT2D eigenvalue weighted by Gasteiger charge is 2.33. The number of azide groups is 1. The van der Waals surface area contributed by atoms with Gasteiger partial charge in [0, 0.05) is 23.1 Å². The molecule has 1 aliphatic rings. The Morgan fingerprint density at radius 2 is 2.39 bits per heavy atom. The fourth-order valence-electron chi connectivity index (χ4n) is 1.87. The summed E-state index contributed by atoms with van der Waals surface area (Å²) in [6.07, 6.45) is 0.691. The molecule has 1 aliphatic heterocycles. The van der Waals surface area contributed by atoms with Crippen LogP contribution in [0.15, 0.2) is 20.9 Å². The van der Waals surface area contributed by atoms with Gasteiger partial charge in [0.05, 0.1) is 12.1 Å². The number of aromatic nitrogens is 2. The Balaban J connectivity index is 2.35. The molecule has 18 heavy (non-hydrogen) atoms. The topological polar surface area (TPSA) is 113 Å². The van der Waals surface area contributed by atoms with E-state index in [1.807, 2.05) is 0 Å². The fraction of sp³-hybridized carbons (Fsp3) is 0.500. The molecule has 1 fully saturated rings. The van der Waals surface area contributed by atoms with Crippen LogP contribution in [0.5, 0.6) is 0 Å². The van der Waals surface area contributed by atoms with Gasteiger partial charge >= 0.3 is 5.69 Å². The van der Waals surface area contributed by atoms with Gasteiger partial charge in [0.1, 0.15) is 6.23 Å². The normalized spacial score (nSPS) is 26.9. The molecule has 1 radical (unpaired) electrons. The molecule has 0 bridgehead atoms. The maximum absolute atomic E-state index is 11.7. The summed E-state index contributed by atoms with van der Waals surface area (Å²) in [5, 5.41) is 3.56. The molecule has 0 aliphatic carbocycles. The molecule has 1 N–H and O–H groups in total. The number of rotatable bonds is 2. The third-order valence-electron chi connectivity index (χ3n) is 2.86. The van der Waals surface area contributed by atoms with E-state index in [1.54, 1.807) is 6.92 Å². The summed E-state index contributed by atoms with van der Waals surface area (Å²) in [4.78, 5) is 27.8. The van der Waals surface area contributed by atoms with E-state index >= 15 is 0 Å². The molecule has 95 valence electrons. The van der Waals surface area contributed by atoms with Crippen LogP contribution in [0.2, 0.25) is 0 Å². The molecule has 2 rings (SSSR count). The predicted octanol–water partition coefficient (Wildman–Crippen LogP) is 0.646. The standard InChI is InChI=1S/C10H12N5O3/c1-5-4-15(10(17)12-9(5)16)8-3-7(13-14-11)6(2)18-8/h4,6-8H,2-3H2,1H3,(H,12,16,17)/t6-,7-,8-/m0/s1. The van der Waals surface area contributed by atoms with Crippen molar-refractivity contribution >= 4 is 0 Å². The first kappa shape index (κ1) is 12.4. The van der Waals surface area contributed by atoms with Gasteiger partial charge in [0.25, 0.3) is 5.56 Å². The number of nitrogens with zero attached hydrogens (tertiary/aromatic N) is 4. The molecule has 0 unspecified atom stereocenters. The van der Waals surface area contributed by atoms with Gasteiger partial charge < -0.3 is 4.74 Å². The number of H-pyrrole nitrogens is 1. The van der Waals surface area contributed by atoms with Crippen molar-refractivity contribution in [1.29, 1.82) is 0 Å². The molecule has 2 heterocycles. The average molecular weight is 250 g/mol. The SMILES string of the molecule is [CH2][C@@H]1O[C@H](n2cc(C)c(=O)[nH]c2=O)C[C@@H]1N=[N+]=[N-]. The van der Waals surface area contributed by atoms with Crippen molar-refractivity contribution < 1.29 is 4.74 Å². The minimum Gasteiger partial charge on any atom is -0.354 e. The number of aryl methyl sites for hydroxylation is 1. The summed E-state index contributed by atoms with van der Waals surface area (Å²) >= 11 is 0. The van der Waals surface area contributed by atoms with Crippen molar-refractivity contribution in [3.05, 3.63) is 50.0 Å². The van der Waals surface area contributed by atoms with Gasteiger partial charge in [0.2, 0.25) is 0 Å². The molecule has 1 saturated heterocycles. The van der Waals surface area contributed by atoms with Crippen LogP contribution in [0.3, 0.4) is 0 Å². The molecule has 0 amide bonds. The first-order valence-electron chi connectivity index (χ1n) is 5.37. The lowest BCUT2D eigenvalue weighted by molar-refractivity contribution is 0.0174. The second kappa shape index (κ2) is 4.67. The van der Waals surface area contributed by atoms with Gasteiger partial charge in [-0.05, 0) is 19.4 Å². The molecule has 0 aromatic carbocycles. The monoisotopic (exact) mass is 250 g/mol. The van der Waals surface area contributed by atoms with Crippen LogP contribution < -0.4 is 11.2 Å². The molecular weight excluding hydrogens is 238 g/mol. The average Bonchev–Trinajstić information content (AvgIpc) is 2.66. The maximum Gasteiger partial charge on any atom is 0.330 e. The third-order valence-corrected chi connectivity index (χ3v) is 2.86. The smallest absolute Gasteiger partial charge is 0.330 e. The lowest BCUT2D eigenvalue weighted by Crippen LogP contribution is -2.33. The van der Waals surface area contributed by atoms with Crippen molar-refractivity contribution in [1.82, 2.24) is 9.55 Å². The van der Waals surface area contributed by atoms with Crippen LogP contribution in [0.4, 0.5) is 0 Å². The Morgan fingerprint density at radius 1 is 1.67 bits per heavy atom. The zero-order valence-corrected chi connectivity index (χ0v) is 9.74. The zero-order valence-electron chi connectivity index (χ0n) is 9.74. The van der Waals surface area contributed by atoms with Crippen molar-refractivity contribution in [2.45, 2.75) is 31.7 Å². The van der Waals surface area contributed by atoms with Crippen molar-refractivity contribution in [2.24, 2.45) is 5.11 Å². The maximum atomic E-state index is 11.7. The Labute approximate surface area is 102 Å². The summed E-state index contributed by atoms with van der Waals surface area (Å²) in [6.45, 7) is 5.30. The number of hydrogen-bond acceptors (Lipinski definition) is 4. The summed E-state index contributed by atoms with van der Waals surface area (Å²) in [7, 11) is 0. The van der Waals surface area contributed by atoms with E-state index < -0.39 is 29.6 Å². The molecular formula is C10H12N5O3. The predicted molar refractivity (Wildman–Crippen MR) is 62.9 cm³/mol. The fourth-order valence-corrected chi connectivity index (χ4v) is 1.87. The Kier molecular flexibility index (Phi) is 3.22. The van der Waals surface area contributed by atoms with Gasteiger partial charge in [-0.2, -0.15) is 0 Å². The van der Waals surface area contributed by atoms with Crippen molar-refractivity contribution in [3.63, 3.8) is 0 Å². The van der Waals surface area contributed by atoms with E-state index in [4.69, 9.17) is 10.3 Å². The van der Waals surface area contributed by atoms with E-state index in [0.717, 1.165) is 0 Å². The van der Waals surface area contributed by atoms with Gasteiger partial charge in [-0.1, -0.05) is 5.11 Å². The van der Waals surface area contributed by atoms with Crippen LogP contribution >= 0.6 is 0 Å². The van der Waals surface area contributed by atoms with Crippen LogP contribution in [-0.2, 0) is 4.74 Å². The minimum atomic E-state index is -0.578. The van der Waals surface area contributed by atoms with Gasteiger partial charge in [-0.3, -0.25) is 14.3 Å². The van der Waals surface area contributed by atoms with Gasteiger partial charge in [0.15, 0.2) is 0 Å². The summed E-state index contributed by atoms with van der Waals surface area (Å²) < 4.78 is 6.73. The van der Waals surface area contributed by atoms with Gasteiger partial charge in [-0.15, -0.1) is 0 Å². The summed E-state index contributed by atoms with van der Waals surface area (Å²) in [5.74, 6) is 0.